The van der Waals surface area contributed by atoms with Crippen LogP contribution in [-0.4, -0.2) is 18.3 Å². The predicted molar refractivity (Wildman–Crippen MR) is 70.0 cm³/mol. The molecule has 2 N–H and O–H groups in total. The molecule has 1 rings (SSSR count). The van der Waals surface area contributed by atoms with E-state index in [1.807, 2.05) is 0 Å². The fourth-order valence-electron chi connectivity index (χ4n) is 1.74. The van der Waals surface area contributed by atoms with Crippen LogP contribution in [0.15, 0.2) is 12.1 Å². The Morgan fingerprint density at radius 3 is 2.44 bits per heavy atom. The Morgan fingerprint density at radius 1 is 1.19 bits per heavy atom. The second-order valence-electron chi connectivity index (χ2n) is 4.52. The van der Waals surface area contributed by atoms with Crippen LogP contribution in [0.3, 0.4) is 0 Å². The molecule has 0 aliphatic carbocycles. The van der Waals surface area contributed by atoms with Crippen molar-refractivity contribution < 1.29 is 5.11 Å². The summed E-state index contributed by atoms with van der Waals surface area (Å²) in [7, 11) is 0. The minimum atomic E-state index is 0.257. The highest BCUT2D eigenvalue weighted by Crippen LogP contribution is 2.21. The van der Waals surface area contributed by atoms with Gasteiger partial charge in [0.25, 0.3) is 0 Å². The first-order valence-electron chi connectivity index (χ1n) is 6.01. The summed E-state index contributed by atoms with van der Waals surface area (Å²) in [6, 6.07) is 4.27. The zero-order chi connectivity index (χ0) is 12.1. The van der Waals surface area contributed by atoms with E-state index in [-0.39, 0.29) is 6.61 Å². The Hall–Kier alpha value is -1.02. The van der Waals surface area contributed by atoms with Crippen LogP contribution >= 0.6 is 0 Å². The average Bonchev–Trinajstić information content (AvgIpc) is 2.30. The Labute approximate surface area is 98.7 Å². The Balaban J connectivity index is 2.71. The first-order chi connectivity index (χ1) is 7.60. The molecule has 0 spiro atoms. The van der Waals surface area contributed by atoms with E-state index >= 15 is 0 Å². The summed E-state index contributed by atoms with van der Waals surface area (Å²) in [5, 5.41) is 12.6. The molecular weight excluding hydrogens is 198 g/mol. The van der Waals surface area contributed by atoms with E-state index in [9.17, 15) is 0 Å². The summed E-state index contributed by atoms with van der Waals surface area (Å²) in [5.41, 5.74) is 5.18. The van der Waals surface area contributed by atoms with E-state index < -0.39 is 0 Å². The fourth-order valence-corrected chi connectivity index (χ4v) is 1.74. The average molecular weight is 221 g/mol. The van der Waals surface area contributed by atoms with Gasteiger partial charge < -0.3 is 10.4 Å². The monoisotopic (exact) mass is 221 g/mol. The van der Waals surface area contributed by atoms with Crippen LogP contribution in [0.5, 0.6) is 0 Å². The molecule has 16 heavy (non-hydrogen) atoms. The van der Waals surface area contributed by atoms with Gasteiger partial charge >= 0.3 is 0 Å². The maximum Gasteiger partial charge on any atom is 0.0475 e. The number of aliphatic hydroxyl groups excluding tert-OH is 1. The van der Waals surface area contributed by atoms with Crippen LogP contribution in [0.4, 0.5) is 5.69 Å². The maximum atomic E-state index is 9.13. The van der Waals surface area contributed by atoms with E-state index in [0.717, 1.165) is 13.0 Å². The van der Waals surface area contributed by atoms with Crippen molar-refractivity contribution in [2.45, 2.75) is 34.1 Å². The highest BCUT2D eigenvalue weighted by atomic mass is 16.3. The normalized spacial score (nSPS) is 12.6. The number of anilines is 1. The number of hydrogen-bond donors (Lipinski definition) is 2. The quantitative estimate of drug-likeness (QED) is 0.801. The smallest absolute Gasteiger partial charge is 0.0475 e. The molecule has 0 aliphatic rings. The van der Waals surface area contributed by atoms with Crippen molar-refractivity contribution in [1.82, 2.24) is 0 Å². The number of rotatable bonds is 5. The molecule has 0 radical (unpaired) electrons. The van der Waals surface area contributed by atoms with E-state index in [2.05, 4.69) is 45.1 Å². The number of aliphatic hydroxyl groups is 1. The van der Waals surface area contributed by atoms with Crippen LogP contribution in [0.2, 0.25) is 0 Å². The molecule has 1 atom stereocenters. The third kappa shape index (κ3) is 2.99. The van der Waals surface area contributed by atoms with Crippen molar-refractivity contribution >= 4 is 5.69 Å². The first kappa shape index (κ1) is 13.0. The lowest BCUT2D eigenvalue weighted by Gasteiger charge is -2.17. The van der Waals surface area contributed by atoms with Crippen molar-refractivity contribution in [3.63, 3.8) is 0 Å². The summed E-state index contributed by atoms with van der Waals surface area (Å²) in [6.07, 6.45) is 1.01. The van der Waals surface area contributed by atoms with Gasteiger partial charge in [-0.2, -0.15) is 0 Å². The van der Waals surface area contributed by atoms with Crippen LogP contribution in [-0.2, 0) is 0 Å². The van der Waals surface area contributed by atoms with Crippen LogP contribution in [0.25, 0.3) is 0 Å². The van der Waals surface area contributed by atoms with Gasteiger partial charge in [-0.05, 0) is 55.9 Å². The van der Waals surface area contributed by atoms with Crippen molar-refractivity contribution in [3.05, 3.63) is 28.8 Å². The number of nitrogens with one attached hydrogen (secondary N) is 1. The van der Waals surface area contributed by atoms with Crippen LogP contribution in [0, 0.1) is 26.7 Å². The van der Waals surface area contributed by atoms with Gasteiger partial charge in [0, 0.05) is 18.8 Å². The van der Waals surface area contributed by atoms with Gasteiger partial charge in [0.2, 0.25) is 0 Å². The van der Waals surface area contributed by atoms with Gasteiger partial charge in [-0.3, -0.25) is 0 Å². The lowest BCUT2D eigenvalue weighted by Crippen LogP contribution is -2.17. The molecule has 2 nitrogen and oxygen atoms in total. The lowest BCUT2D eigenvalue weighted by atomic mass is 10.0. The Morgan fingerprint density at radius 2 is 1.88 bits per heavy atom. The SMILES string of the molecule is CCC(CO)CNc1ccc(C)c(C)c1C. The summed E-state index contributed by atoms with van der Waals surface area (Å²) >= 11 is 0. The molecule has 1 aromatic carbocycles. The molecule has 1 unspecified atom stereocenters. The highest BCUT2D eigenvalue weighted by molar-refractivity contribution is 5.55. The molecule has 0 aromatic heterocycles. The largest absolute Gasteiger partial charge is 0.396 e. The highest BCUT2D eigenvalue weighted by Gasteiger charge is 2.07. The summed E-state index contributed by atoms with van der Waals surface area (Å²) in [6.45, 7) is 9.64. The number of aryl methyl sites for hydroxylation is 1. The molecule has 90 valence electrons. The van der Waals surface area contributed by atoms with E-state index in [0.29, 0.717) is 5.92 Å². The molecular formula is C14H23NO. The number of hydrogen-bond acceptors (Lipinski definition) is 2. The lowest BCUT2D eigenvalue weighted by molar-refractivity contribution is 0.230. The van der Waals surface area contributed by atoms with Crippen molar-refractivity contribution in [2.24, 2.45) is 5.92 Å². The fraction of sp³-hybridized carbons (Fsp3) is 0.571. The third-order valence-corrected chi connectivity index (χ3v) is 3.47. The molecule has 2 heteroatoms. The number of benzene rings is 1. The van der Waals surface area contributed by atoms with Gasteiger partial charge in [-0.15, -0.1) is 0 Å². The summed E-state index contributed by atoms with van der Waals surface area (Å²) in [4.78, 5) is 0. The minimum absolute atomic E-state index is 0.257. The zero-order valence-corrected chi connectivity index (χ0v) is 10.8. The molecule has 0 aliphatic heterocycles. The van der Waals surface area contributed by atoms with Crippen molar-refractivity contribution in [3.8, 4) is 0 Å². The topological polar surface area (TPSA) is 32.3 Å². The standard InChI is InChI=1S/C14H23NO/c1-5-13(9-16)8-15-14-7-6-10(2)11(3)12(14)4/h6-7,13,15-16H,5,8-9H2,1-4H3. The van der Waals surface area contributed by atoms with Gasteiger partial charge in [-0.25, -0.2) is 0 Å². The van der Waals surface area contributed by atoms with Crippen molar-refractivity contribution in [1.29, 1.82) is 0 Å². The molecule has 0 amide bonds. The van der Waals surface area contributed by atoms with Gasteiger partial charge in [0.05, 0.1) is 0 Å². The molecule has 0 heterocycles. The third-order valence-electron chi connectivity index (χ3n) is 3.47. The molecule has 0 saturated carbocycles. The zero-order valence-electron chi connectivity index (χ0n) is 10.8. The van der Waals surface area contributed by atoms with Crippen LogP contribution in [0.1, 0.15) is 30.0 Å². The second-order valence-corrected chi connectivity index (χ2v) is 4.52. The molecule has 0 fully saturated rings. The Bertz CT molecular complexity index is 343. The van der Waals surface area contributed by atoms with Crippen LogP contribution < -0.4 is 5.32 Å². The Kier molecular flexibility index (Phi) is 4.81. The molecule has 0 bridgehead atoms. The minimum Gasteiger partial charge on any atom is -0.396 e. The second kappa shape index (κ2) is 5.90. The molecule has 1 aromatic rings. The summed E-state index contributed by atoms with van der Waals surface area (Å²) in [5.74, 6) is 0.348. The van der Waals surface area contributed by atoms with E-state index in [4.69, 9.17) is 5.11 Å². The maximum absolute atomic E-state index is 9.13. The predicted octanol–water partition coefficient (Wildman–Crippen LogP) is 3.04. The van der Waals surface area contributed by atoms with E-state index in [1.165, 1.54) is 22.4 Å². The van der Waals surface area contributed by atoms with Gasteiger partial charge in [-0.1, -0.05) is 13.0 Å². The van der Waals surface area contributed by atoms with Crippen molar-refractivity contribution in [2.75, 3.05) is 18.5 Å². The summed E-state index contributed by atoms with van der Waals surface area (Å²) < 4.78 is 0. The van der Waals surface area contributed by atoms with E-state index in [1.54, 1.807) is 0 Å². The first-order valence-corrected chi connectivity index (χ1v) is 6.01. The molecule has 0 saturated heterocycles. The van der Waals surface area contributed by atoms with Gasteiger partial charge in [0.15, 0.2) is 0 Å². The van der Waals surface area contributed by atoms with Gasteiger partial charge in [0.1, 0.15) is 0 Å².